The molecule has 3 N–H and O–H groups in total. The Kier molecular flexibility index (Phi) is 28.0. The van der Waals surface area contributed by atoms with Gasteiger partial charge in [0.15, 0.2) is 0 Å². The molecule has 0 bridgehead atoms. The molecule has 0 saturated carbocycles. The second kappa shape index (κ2) is 18.0. The summed E-state index contributed by atoms with van der Waals surface area (Å²) < 4.78 is 108. The van der Waals surface area contributed by atoms with Crippen LogP contribution in [0.1, 0.15) is 0 Å². The van der Waals surface area contributed by atoms with Gasteiger partial charge in [0.25, 0.3) is 30.4 Å². The summed E-state index contributed by atoms with van der Waals surface area (Å²) in [6.45, 7) is 11.1. The van der Waals surface area contributed by atoms with Crippen molar-refractivity contribution in [3.8, 4) is 0 Å². The average Bonchev–Trinajstić information content (AvgIpc) is 2.37. The third-order valence-electron chi connectivity index (χ3n) is 0.836. The summed E-state index contributed by atoms with van der Waals surface area (Å²) >= 11 is 0. The first-order valence-electron chi connectivity index (χ1n) is 4.62. The minimum atomic E-state index is -4.15. The van der Waals surface area contributed by atoms with E-state index in [2.05, 4.69) is 26.3 Å². The van der Waals surface area contributed by atoms with E-state index in [1.54, 1.807) is 0 Å². The smallest absolute Gasteiger partial charge is 0.745 e. The second-order valence-electron chi connectivity index (χ2n) is 2.70. The van der Waals surface area contributed by atoms with Gasteiger partial charge in [-0.2, -0.15) is 35.2 Å². The zero-order valence-corrected chi connectivity index (χ0v) is 18.2. The molecule has 1 atom stereocenters. The maximum absolute atomic E-state index is 9.44. The van der Waals surface area contributed by atoms with E-state index in [0.29, 0.717) is 21.6 Å². The Bertz CT molecular complexity index is 633. The molecule has 12 nitrogen and oxygen atoms in total. The monoisotopic (exact) mass is 472 g/mol. The predicted octanol–water partition coefficient (Wildman–Crippen LogP) is -3.21. The van der Waals surface area contributed by atoms with Crippen LogP contribution in [0.2, 0.25) is 0 Å². The number of hydrogen-bond acceptors (Lipinski definition) is 9. The van der Waals surface area contributed by atoms with Crippen LogP contribution in [0.3, 0.4) is 0 Å². The van der Waals surface area contributed by atoms with Crippen LogP contribution in [0, 0.1) is 0 Å². The van der Waals surface area contributed by atoms with Gasteiger partial charge < -0.3 is 4.55 Å². The summed E-state index contributed by atoms with van der Waals surface area (Å²) in [5.41, 5.74) is 0. The van der Waals surface area contributed by atoms with Gasteiger partial charge >= 0.3 is 18.9 Å². The van der Waals surface area contributed by atoms with E-state index in [4.69, 9.17) is 13.7 Å². The molecule has 26 heavy (non-hydrogen) atoms. The molecule has 0 saturated heterocycles. The second-order valence-corrected chi connectivity index (χ2v) is 8.11. The first kappa shape index (κ1) is 40.3. The normalized spacial score (nSPS) is 10.0. The van der Waals surface area contributed by atoms with Crippen LogP contribution in [-0.2, 0) is 40.5 Å². The Labute approximate surface area is 168 Å². The molecule has 0 aromatic rings. The molecular weight excluding hydrogens is 454 g/mol. The van der Waals surface area contributed by atoms with Crippen LogP contribution < -0.4 is 18.9 Å². The van der Waals surface area contributed by atoms with Gasteiger partial charge in [0.1, 0.15) is 10.1 Å². The van der Waals surface area contributed by atoms with Crippen molar-refractivity contribution in [2.45, 2.75) is 0 Å². The Morgan fingerprint density at radius 1 is 0.577 bits per heavy atom. The third-order valence-corrected chi connectivity index (χ3v) is 2.51. The third kappa shape index (κ3) is 89.5. The van der Waals surface area contributed by atoms with E-state index >= 15 is 0 Å². The molecular formula is C8H18LiO12PS4. The first-order valence-corrected chi connectivity index (χ1v) is 10.6. The van der Waals surface area contributed by atoms with Crippen LogP contribution in [0.4, 0.5) is 0 Å². The summed E-state index contributed by atoms with van der Waals surface area (Å²) in [6, 6.07) is 0. The molecule has 0 radical (unpaired) electrons. The van der Waals surface area contributed by atoms with Crippen LogP contribution in [-0.4, -0.2) is 51.9 Å². The van der Waals surface area contributed by atoms with Gasteiger partial charge in [-0.3, -0.25) is 13.7 Å². The number of rotatable bonds is 4. The van der Waals surface area contributed by atoms with Gasteiger partial charge in [-0.15, -0.1) is 0 Å². The van der Waals surface area contributed by atoms with Crippen molar-refractivity contribution in [1.82, 2.24) is 0 Å². The minimum absolute atomic E-state index is 0. The van der Waals surface area contributed by atoms with Gasteiger partial charge in [-0.1, -0.05) is 26.3 Å². The fraction of sp³-hybridized carbons (Fsp3) is 0. The fourth-order valence-corrected chi connectivity index (χ4v) is 0. The molecule has 0 heterocycles. The predicted molar refractivity (Wildman–Crippen MR) is 96.2 cm³/mol. The van der Waals surface area contributed by atoms with Crippen LogP contribution in [0.25, 0.3) is 0 Å². The molecule has 0 spiro atoms. The molecule has 0 rings (SSSR count). The van der Waals surface area contributed by atoms with Gasteiger partial charge in [0.2, 0.25) is 0 Å². The summed E-state index contributed by atoms with van der Waals surface area (Å²) in [5, 5.41) is 1.75. The summed E-state index contributed by atoms with van der Waals surface area (Å²) in [7, 11) is -15.8. The molecule has 1 unspecified atom stereocenters. The Hall–Kier alpha value is -0.373. The molecule has 0 aliphatic rings. The van der Waals surface area contributed by atoms with Gasteiger partial charge in [-0.05, 0) is 0 Å². The maximum Gasteiger partial charge on any atom is 1.00 e. The van der Waals surface area contributed by atoms with Crippen molar-refractivity contribution < 1.29 is 70.7 Å². The van der Waals surface area contributed by atoms with E-state index in [-0.39, 0.29) is 28.8 Å². The van der Waals surface area contributed by atoms with E-state index < -0.39 is 40.5 Å². The van der Waals surface area contributed by atoms with Crippen molar-refractivity contribution in [1.29, 1.82) is 0 Å². The largest absolute Gasteiger partial charge is 1.00 e. The molecule has 0 aromatic carbocycles. The Morgan fingerprint density at radius 2 is 0.654 bits per heavy atom. The van der Waals surface area contributed by atoms with Gasteiger partial charge in [-0.25, -0.2) is 8.42 Å². The van der Waals surface area contributed by atoms with E-state index in [1.165, 1.54) is 0 Å². The molecule has 18 heteroatoms. The summed E-state index contributed by atoms with van der Waals surface area (Å²) in [6.07, 6.45) is 0. The SMILES string of the molecule is C=CS(=O)(=O)O.C=CS(=O)(=O)O.C=CS(=O)(=O)O.C=CS(=O)(=O)[O-].P.[Li+]. The van der Waals surface area contributed by atoms with Crippen molar-refractivity contribution in [3.63, 3.8) is 0 Å². The maximum atomic E-state index is 9.44. The standard InChI is InChI=1S/4C2H4O3S.Li.H3P/c4*1-2-6(3,4)5;;/h4*2H,1H2,(H,3,4,5);;1H3/q;;;;+1;/p-1. The molecule has 0 amide bonds. The zero-order chi connectivity index (χ0) is 20.8. The summed E-state index contributed by atoms with van der Waals surface area (Å²) in [5.74, 6) is 0. The quantitative estimate of drug-likeness (QED) is 0.209. The number of hydrogen-bond donors (Lipinski definition) is 3. The van der Waals surface area contributed by atoms with Crippen molar-refractivity contribution in [2.24, 2.45) is 0 Å². The van der Waals surface area contributed by atoms with Gasteiger partial charge in [0, 0.05) is 5.41 Å². The molecule has 0 aliphatic carbocycles. The van der Waals surface area contributed by atoms with Crippen molar-refractivity contribution >= 4 is 50.4 Å². The van der Waals surface area contributed by atoms with Gasteiger partial charge in [0.05, 0.1) is 16.2 Å². The van der Waals surface area contributed by atoms with E-state index in [1.807, 2.05) is 0 Å². The Balaban J connectivity index is -0.0000000500. The molecule has 0 aromatic heterocycles. The topological polar surface area (TPSA) is 220 Å². The molecule has 0 aliphatic heterocycles. The van der Waals surface area contributed by atoms with E-state index in [9.17, 15) is 38.2 Å². The Morgan fingerprint density at radius 3 is 0.654 bits per heavy atom. The molecule has 0 fully saturated rings. The first-order chi connectivity index (χ1) is 10.2. The average molecular weight is 472 g/mol. The van der Waals surface area contributed by atoms with Crippen molar-refractivity contribution in [3.05, 3.63) is 47.9 Å². The van der Waals surface area contributed by atoms with Crippen molar-refractivity contribution in [2.75, 3.05) is 0 Å². The summed E-state index contributed by atoms with van der Waals surface area (Å²) in [4.78, 5) is 0. The minimum Gasteiger partial charge on any atom is -0.745 e. The van der Waals surface area contributed by atoms with Crippen LogP contribution in [0.5, 0.6) is 0 Å². The zero-order valence-electron chi connectivity index (χ0n) is 13.5. The fourth-order valence-electron chi connectivity index (χ4n) is 0. The van der Waals surface area contributed by atoms with Crippen LogP contribution >= 0.6 is 9.90 Å². The van der Waals surface area contributed by atoms with E-state index in [0.717, 1.165) is 0 Å². The molecule has 152 valence electrons. The van der Waals surface area contributed by atoms with Crippen LogP contribution in [0.15, 0.2) is 47.9 Å².